The van der Waals surface area contributed by atoms with Crippen molar-refractivity contribution in [2.45, 2.75) is 31.6 Å². The molecule has 0 radical (unpaired) electrons. The second-order valence-corrected chi connectivity index (χ2v) is 8.35. The van der Waals surface area contributed by atoms with Crippen LogP contribution in [0.4, 0.5) is 0 Å². The number of aromatic nitrogens is 3. The van der Waals surface area contributed by atoms with Crippen molar-refractivity contribution < 1.29 is 9.84 Å². The van der Waals surface area contributed by atoms with Gasteiger partial charge in [-0.15, -0.1) is 0 Å². The minimum Gasteiger partial charge on any atom is -0.488 e. The van der Waals surface area contributed by atoms with Crippen molar-refractivity contribution in [1.29, 1.82) is 0 Å². The van der Waals surface area contributed by atoms with Gasteiger partial charge in [-0.25, -0.2) is 9.50 Å². The van der Waals surface area contributed by atoms with Crippen LogP contribution in [0.15, 0.2) is 48.8 Å². The summed E-state index contributed by atoms with van der Waals surface area (Å²) >= 11 is 6.06. The predicted molar refractivity (Wildman–Crippen MR) is 106 cm³/mol. The molecule has 1 aromatic carbocycles. The van der Waals surface area contributed by atoms with Crippen LogP contribution in [0.5, 0.6) is 5.75 Å². The molecule has 28 heavy (non-hydrogen) atoms. The lowest BCUT2D eigenvalue weighted by molar-refractivity contribution is -0.0231. The third-order valence-electron chi connectivity index (χ3n) is 6.01. The Labute approximate surface area is 168 Å². The standard InChI is InChI=1S/C21H23ClN4O2/c22-16-3-1-5-18(9-16)28-20-8-15-11-25(10-14(15)7-19(20)27)12-17-4-2-6-21-23-13-24-26(17)21/h1-6,9,13-15,19-20,27H,7-8,10-12H2/t14-,15+,19+,20+/m0/s1. The highest BCUT2D eigenvalue weighted by Crippen LogP contribution is 2.38. The maximum absolute atomic E-state index is 10.6. The lowest BCUT2D eigenvalue weighted by atomic mass is 9.78. The first-order valence-corrected chi connectivity index (χ1v) is 10.1. The number of hydrogen-bond donors (Lipinski definition) is 1. The number of likely N-dealkylation sites (tertiary alicyclic amines) is 1. The van der Waals surface area contributed by atoms with E-state index in [9.17, 15) is 5.11 Å². The van der Waals surface area contributed by atoms with Crippen LogP contribution >= 0.6 is 11.6 Å². The molecule has 3 aromatic rings. The van der Waals surface area contributed by atoms with Crippen LogP contribution in [0.3, 0.4) is 0 Å². The van der Waals surface area contributed by atoms with Gasteiger partial charge in [0.05, 0.1) is 11.8 Å². The molecular formula is C21H23ClN4O2. The molecule has 5 rings (SSSR count). The van der Waals surface area contributed by atoms with Gasteiger partial charge in [-0.3, -0.25) is 4.90 Å². The fraction of sp³-hybridized carbons (Fsp3) is 0.429. The smallest absolute Gasteiger partial charge is 0.155 e. The number of halogens is 1. The second-order valence-electron chi connectivity index (χ2n) is 7.91. The molecule has 6 nitrogen and oxygen atoms in total. The molecule has 2 aromatic heterocycles. The molecule has 0 bridgehead atoms. The normalized spacial score (nSPS) is 27.8. The van der Waals surface area contributed by atoms with E-state index < -0.39 is 6.10 Å². The van der Waals surface area contributed by atoms with Gasteiger partial charge >= 0.3 is 0 Å². The van der Waals surface area contributed by atoms with E-state index in [2.05, 4.69) is 21.0 Å². The number of pyridine rings is 1. The minimum atomic E-state index is -0.445. The van der Waals surface area contributed by atoms with Gasteiger partial charge in [0, 0.05) is 24.7 Å². The van der Waals surface area contributed by atoms with Crippen molar-refractivity contribution >= 4 is 17.2 Å². The molecule has 0 unspecified atom stereocenters. The van der Waals surface area contributed by atoms with E-state index in [1.807, 2.05) is 34.8 Å². The molecule has 1 N–H and O–H groups in total. The fourth-order valence-electron chi connectivity index (χ4n) is 4.71. The largest absolute Gasteiger partial charge is 0.488 e. The summed E-state index contributed by atoms with van der Waals surface area (Å²) in [5.41, 5.74) is 2.01. The maximum atomic E-state index is 10.6. The van der Waals surface area contributed by atoms with E-state index in [0.29, 0.717) is 16.9 Å². The quantitative estimate of drug-likeness (QED) is 0.731. The molecule has 1 aliphatic heterocycles. The molecule has 3 heterocycles. The average Bonchev–Trinajstić information content (AvgIpc) is 3.29. The zero-order chi connectivity index (χ0) is 19.1. The van der Waals surface area contributed by atoms with Gasteiger partial charge in [0.1, 0.15) is 18.2 Å². The number of fused-ring (bicyclic) bond motifs is 2. The second kappa shape index (κ2) is 7.35. The summed E-state index contributed by atoms with van der Waals surface area (Å²) in [4.78, 5) is 6.73. The summed E-state index contributed by atoms with van der Waals surface area (Å²) in [7, 11) is 0. The zero-order valence-electron chi connectivity index (χ0n) is 15.5. The fourth-order valence-corrected chi connectivity index (χ4v) is 4.89. The number of benzene rings is 1. The van der Waals surface area contributed by atoms with Gasteiger partial charge < -0.3 is 9.84 Å². The summed E-state index contributed by atoms with van der Waals surface area (Å²) in [6, 6.07) is 13.5. The monoisotopic (exact) mass is 398 g/mol. The van der Waals surface area contributed by atoms with Gasteiger partial charge in [0.15, 0.2) is 5.65 Å². The molecule has 2 aliphatic rings. The molecule has 2 fully saturated rings. The van der Waals surface area contributed by atoms with Crippen LogP contribution in [0.25, 0.3) is 5.65 Å². The zero-order valence-corrected chi connectivity index (χ0v) is 16.2. The Bertz CT molecular complexity index is 978. The lowest BCUT2D eigenvalue weighted by Crippen LogP contribution is -2.42. The third kappa shape index (κ3) is 3.48. The van der Waals surface area contributed by atoms with Crippen molar-refractivity contribution in [3.63, 3.8) is 0 Å². The van der Waals surface area contributed by atoms with E-state index in [0.717, 1.165) is 49.6 Å². The topological polar surface area (TPSA) is 62.9 Å². The Kier molecular flexibility index (Phi) is 4.70. The molecule has 146 valence electrons. The molecule has 0 amide bonds. The molecule has 0 spiro atoms. The van der Waals surface area contributed by atoms with Crippen molar-refractivity contribution in [3.05, 3.63) is 59.5 Å². The molecule has 1 saturated carbocycles. The SMILES string of the molecule is O[C@@H]1C[C@H]2CN(Cc3cccc4ncnn34)C[C@H]2C[C@H]1Oc1cccc(Cl)c1. The molecule has 4 atom stereocenters. The average molecular weight is 399 g/mol. The summed E-state index contributed by atoms with van der Waals surface area (Å²) in [5, 5.41) is 15.6. The van der Waals surface area contributed by atoms with E-state index in [-0.39, 0.29) is 6.10 Å². The molecule has 7 heteroatoms. The van der Waals surface area contributed by atoms with Crippen LogP contribution in [0.1, 0.15) is 18.5 Å². The van der Waals surface area contributed by atoms with Gasteiger partial charge in [-0.2, -0.15) is 5.10 Å². The number of aliphatic hydroxyl groups is 1. The first kappa shape index (κ1) is 17.9. The number of rotatable bonds is 4. The Balaban J connectivity index is 1.26. The Hall–Kier alpha value is -2.15. The highest BCUT2D eigenvalue weighted by atomic mass is 35.5. The van der Waals surface area contributed by atoms with Gasteiger partial charge in [-0.05, 0) is 55.0 Å². The molecule has 1 aliphatic carbocycles. The molecular weight excluding hydrogens is 376 g/mol. The van der Waals surface area contributed by atoms with Gasteiger partial charge in [0.25, 0.3) is 0 Å². The number of ether oxygens (including phenoxy) is 1. The maximum Gasteiger partial charge on any atom is 0.155 e. The summed E-state index contributed by atoms with van der Waals surface area (Å²) < 4.78 is 7.99. The third-order valence-corrected chi connectivity index (χ3v) is 6.24. The van der Waals surface area contributed by atoms with E-state index in [4.69, 9.17) is 16.3 Å². The first-order chi connectivity index (χ1) is 13.7. The number of nitrogens with zero attached hydrogens (tertiary/aromatic N) is 4. The van der Waals surface area contributed by atoms with Crippen molar-refractivity contribution in [2.24, 2.45) is 11.8 Å². The summed E-state index contributed by atoms with van der Waals surface area (Å²) in [6.45, 7) is 2.85. The van der Waals surface area contributed by atoms with Crippen molar-refractivity contribution in [3.8, 4) is 5.75 Å². The van der Waals surface area contributed by atoms with E-state index in [1.54, 1.807) is 12.4 Å². The van der Waals surface area contributed by atoms with Crippen molar-refractivity contribution in [1.82, 2.24) is 19.5 Å². The summed E-state index contributed by atoms with van der Waals surface area (Å²) in [6.07, 6.45) is 2.61. The Morgan fingerprint density at radius 3 is 2.79 bits per heavy atom. The van der Waals surface area contributed by atoms with E-state index >= 15 is 0 Å². The molecule has 1 saturated heterocycles. The minimum absolute atomic E-state index is 0.182. The summed E-state index contributed by atoms with van der Waals surface area (Å²) in [5.74, 6) is 1.76. The Morgan fingerprint density at radius 2 is 1.93 bits per heavy atom. The van der Waals surface area contributed by atoms with Crippen LogP contribution in [-0.2, 0) is 6.54 Å². The predicted octanol–water partition coefficient (Wildman–Crippen LogP) is 3.03. The highest BCUT2D eigenvalue weighted by Gasteiger charge is 2.42. The van der Waals surface area contributed by atoms with Crippen molar-refractivity contribution in [2.75, 3.05) is 13.1 Å². The Morgan fingerprint density at radius 1 is 1.11 bits per heavy atom. The lowest BCUT2D eigenvalue weighted by Gasteiger charge is -2.35. The first-order valence-electron chi connectivity index (χ1n) is 9.76. The van der Waals surface area contributed by atoms with E-state index in [1.165, 1.54) is 0 Å². The van der Waals surface area contributed by atoms with Gasteiger partial charge in [0.2, 0.25) is 0 Å². The number of hydrogen-bond acceptors (Lipinski definition) is 5. The van der Waals surface area contributed by atoms with Gasteiger partial charge in [-0.1, -0.05) is 23.7 Å². The van der Waals surface area contributed by atoms with Crippen LogP contribution in [0.2, 0.25) is 5.02 Å². The van der Waals surface area contributed by atoms with Crippen LogP contribution in [-0.4, -0.2) is 49.9 Å². The van der Waals surface area contributed by atoms with Crippen LogP contribution < -0.4 is 4.74 Å². The number of aliphatic hydroxyl groups excluding tert-OH is 1. The highest BCUT2D eigenvalue weighted by molar-refractivity contribution is 6.30. The van der Waals surface area contributed by atoms with Crippen LogP contribution in [0, 0.1) is 11.8 Å².